The molecule has 0 aliphatic rings. The van der Waals surface area contributed by atoms with Gasteiger partial charge in [0.15, 0.2) is 0 Å². The SMILES string of the molecule is C#CCCCC(Cc1ccc(C(F)(F)F)cc1)NCCC. The van der Waals surface area contributed by atoms with Crippen LogP contribution in [0, 0.1) is 12.3 Å². The molecule has 4 heteroatoms. The molecular formula is C17H22F3N. The molecule has 0 aliphatic heterocycles. The minimum absolute atomic E-state index is 0.259. The number of unbranched alkanes of at least 4 members (excludes halogenated alkanes) is 1. The molecule has 1 rings (SSSR count). The van der Waals surface area contributed by atoms with E-state index in [1.165, 1.54) is 0 Å². The van der Waals surface area contributed by atoms with Gasteiger partial charge in [-0.3, -0.25) is 0 Å². The summed E-state index contributed by atoms with van der Waals surface area (Å²) in [6, 6.07) is 5.67. The highest BCUT2D eigenvalue weighted by Crippen LogP contribution is 2.29. The smallest absolute Gasteiger partial charge is 0.314 e. The molecule has 0 heterocycles. The second-order valence-corrected chi connectivity index (χ2v) is 5.15. The van der Waals surface area contributed by atoms with Crippen LogP contribution in [0.2, 0.25) is 0 Å². The molecule has 0 amide bonds. The third-order valence-electron chi connectivity index (χ3n) is 3.32. The van der Waals surface area contributed by atoms with Gasteiger partial charge >= 0.3 is 6.18 Å². The normalized spacial score (nSPS) is 12.9. The number of hydrogen-bond donors (Lipinski definition) is 1. The first kappa shape index (κ1) is 17.6. The zero-order valence-electron chi connectivity index (χ0n) is 12.3. The summed E-state index contributed by atoms with van der Waals surface area (Å²) in [7, 11) is 0. The molecule has 1 aromatic rings. The Hall–Kier alpha value is -1.47. The van der Waals surface area contributed by atoms with Crippen molar-refractivity contribution in [2.45, 2.75) is 51.2 Å². The Kier molecular flexibility index (Phi) is 7.31. The van der Waals surface area contributed by atoms with Crippen LogP contribution in [0.25, 0.3) is 0 Å². The van der Waals surface area contributed by atoms with Gasteiger partial charge in [-0.15, -0.1) is 12.3 Å². The number of rotatable bonds is 8. The molecule has 0 aromatic heterocycles. The number of terminal acetylenes is 1. The summed E-state index contributed by atoms with van der Waals surface area (Å²) < 4.78 is 37.6. The molecule has 0 saturated heterocycles. The standard InChI is InChI=1S/C17H22F3N/c1-3-5-6-7-16(21-12-4-2)13-14-8-10-15(11-9-14)17(18,19)20/h1,8-11,16,21H,4-7,12-13H2,2H3. The van der Waals surface area contributed by atoms with Crippen molar-refractivity contribution in [1.29, 1.82) is 0 Å². The second kappa shape index (κ2) is 8.74. The predicted molar refractivity (Wildman–Crippen MR) is 79.9 cm³/mol. The van der Waals surface area contributed by atoms with E-state index in [0.717, 1.165) is 56.3 Å². The number of benzene rings is 1. The lowest BCUT2D eigenvalue weighted by atomic mass is 9.99. The summed E-state index contributed by atoms with van der Waals surface area (Å²) in [6.07, 6.45) is 5.32. The highest BCUT2D eigenvalue weighted by Gasteiger charge is 2.29. The number of nitrogens with one attached hydrogen (secondary N) is 1. The minimum atomic E-state index is -4.27. The van der Waals surface area contributed by atoms with Crippen molar-refractivity contribution in [3.05, 3.63) is 35.4 Å². The van der Waals surface area contributed by atoms with Crippen molar-refractivity contribution in [2.24, 2.45) is 0 Å². The van der Waals surface area contributed by atoms with Crippen LogP contribution in [0.3, 0.4) is 0 Å². The predicted octanol–water partition coefficient (Wildman–Crippen LogP) is 4.42. The van der Waals surface area contributed by atoms with Gasteiger partial charge in [0.05, 0.1) is 5.56 Å². The van der Waals surface area contributed by atoms with Gasteiger partial charge in [0.1, 0.15) is 0 Å². The topological polar surface area (TPSA) is 12.0 Å². The third kappa shape index (κ3) is 6.68. The van der Waals surface area contributed by atoms with Crippen molar-refractivity contribution in [2.75, 3.05) is 6.54 Å². The quantitative estimate of drug-likeness (QED) is 0.553. The highest BCUT2D eigenvalue weighted by atomic mass is 19.4. The first-order valence-electron chi connectivity index (χ1n) is 7.30. The van der Waals surface area contributed by atoms with E-state index in [1.54, 1.807) is 12.1 Å². The Labute approximate surface area is 124 Å². The number of halogens is 3. The summed E-state index contributed by atoms with van der Waals surface area (Å²) in [5.74, 6) is 2.61. The van der Waals surface area contributed by atoms with Gasteiger partial charge in [-0.2, -0.15) is 13.2 Å². The van der Waals surface area contributed by atoms with Gasteiger partial charge < -0.3 is 5.32 Å². The van der Waals surface area contributed by atoms with E-state index in [1.807, 2.05) is 0 Å². The maximum absolute atomic E-state index is 12.5. The number of alkyl halides is 3. The number of hydrogen-bond acceptors (Lipinski definition) is 1. The maximum Gasteiger partial charge on any atom is 0.416 e. The van der Waals surface area contributed by atoms with Crippen LogP contribution in [-0.4, -0.2) is 12.6 Å². The first-order chi connectivity index (χ1) is 9.97. The summed E-state index contributed by atoms with van der Waals surface area (Å²) in [5.41, 5.74) is 0.314. The molecule has 1 unspecified atom stereocenters. The van der Waals surface area contributed by atoms with Crippen LogP contribution in [-0.2, 0) is 12.6 Å². The van der Waals surface area contributed by atoms with Gasteiger partial charge in [-0.05, 0) is 49.9 Å². The molecule has 0 spiro atoms. The van der Waals surface area contributed by atoms with Crippen molar-refractivity contribution in [1.82, 2.24) is 5.32 Å². The van der Waals surface area contributed by atoms with E-state index in [2.05, 4.69) is 18.2 Å². The van der Waals surface area contributed by atoms with Gasteiger partial charge in [-0.1, -0.05) is 19.1 Å². The third-order valence-corrected chi connectivity index (χ3v) is 3.32. The minimum Gasteiger partial charge on any atom is -0.314 e. The monoisotopic (exact) mass is 297 g/mol. The zero-order valence-corrected chi connectivity index (χ0v) is 12.3. The van der Waals surface area contributed by atoms with E-state index in [-0.39, 0.29) is 6.04 Å². The Bertz CT molecular complexity index is 443. The van der Waals surface area contributed by atoms with Gasteiger partial charge in [0.2, 0.25) is 0 Å². The Morgan fingerprint density at radius 2 is 1.90 bits per heavy atom. The van der Waals surface area contributed by atoms with Crippen LogP contribution in [0.1, 0.15) is 43.7 Å². The summed E-state index contributed by atoms with van der Waals surface area (Å²) in [5, 5.41) is 3.43. The Morgan fingerprint density at radius 3 is 2.43 bits per heavy atom. The lowest BCUT2D eigenvalue weighted by Crippen LogP contribution is -2.31. The molecule has 116 valence electrons. The van der Waals surface area contributed by atoms with Crippen molar-refractivity contribution < 1.29 is 13.2 Å². The van der Waals surface area contributed by atoms with Crippen LogP contribution >= 0.6 is 0 Å². The molecule has 0 saturated carbocycles. The second-order valence-electron chi connectivity index (χ2n) is 5.15. The van der Waals surface area contributed by atoms with E-state index in [0.29, 0.717) is 0 Å². The summed E-state index contributed by atoms with van der Waals surface area (Å²) in [4.78, 5) is 0. The van der Waals surface area contributed by atoms with Gasteiger partial charge in [0, 0.05) is 12.5 Å². The zero-order chi connectivity index (χ0) is 15.7. The van der Waals surface area contributed by atoms with Crippen molar-refractivity contribution >= 4 is 0 Å². The molecule has 0 radical (unpaired) electrons. The largest absolute Gasteiger partial charge is 0.416 e. The van der Waals surface area contributed by atoms with Crippen LogP contribution in [0.15, 0.2) is 24.3 Å². The lowest BCUT2D eigenvalue weighted by Gasteiger charge is -2.18. The van der Waals surface area contributed by atoms with Crippen molar-refractivity contribution in [3.8, 4) is 12.3 Å². The first-order valence-corrected chi connectivity index (χ1v) is 7.30. The van der Waals surface area contributed by atoms with Gasteiger partial charge in [0.25, 0.3) is 0 Å². The Morgan fingerprint density at radius 1 is 1.24 bits per heavy atom. The molecule has 0 aliphatic carbocycles. The van der Waals surface area contributed by atoms with Crippen LogP contribution in [0.4, 0.5) is 13.2 Å². The molecular weight excluding hydrogens is 275 g/mol. The van der Waals surface area contributed by atoms with Crippen LogP contribution in [0.5, 0.6) is 0 Å². The van der Waals surface area contributed by atoms with E-state index in [4.69, 9.17) is 6.42 Å². The fourth-order valence-corrected chi connectivity index (χ4v) is 2.19. The fraction of sp³-hybridized carbons (Fsp3) is 0.529. The Balaban J connectivity index is 2.62. The molecule has 0 bridgehead atoms. The molecule has 1 atom stereocenters. The molecule has 21 heavy (non-hydrogen) atoms. The summed E-state index contributed by atoms with van der Waals surface area (Å²) in [6.45, 7) is 2.99. The highest BCUT2D eigenvalue weighted by molar-refractivity contribution is 5.25. The average molecular weight is 297 g/mol. The van der Waals surface area contributed by atoms with Crippen LogP contribution < -0.4 is 5.32 Å². The summed E-state index contributed by atoms with van der Waals surface area (Å²) >= 11 is 0. The lowest BCUT2D eigenvalue weighted by molar-refractivity contribution is -0.137. The van der Waals surface area contributed by atoms with E-state index >= 15 is 0 Å². The molecule has 1 aromatic carbocycles. The molecule has 1 nitrogen and oxygen atoms in total. The molecule has 1 N–H and O–H groups in total. The molecule has 0 fully saturated rings. The average Bonchev–Trinajstić information content (AvgIpc) is 2.44. The van der Waals surface area contributed by atoms with E-state index in [9.17, 15) is 13.2 Å². The van der Waals surface area contributed by atoms with Gasteiger partial charge in [-0.25, -0.2) is 0 Å². The van der Waals surface area contributed by atoms with E-state index < -0.39 is 11.7 Å². The fourth-order valence-electron chi connectivity index (χ4n) is 2.19. The maximum atomic E-state index is 12.5. The van der Waals surface area contributed by atoms with Crippen molar-refractivity contribution in [3.63, 3.8) is 0 Å².